The molecule has 1 aromatic heterocycles. The molecule has 2 heterocycles. The summed E-state index contributed by atoms with van der Waals surface area (Å²) in [6.45, 7) is 1.07. The van der Waals surface area contributed by atoms with Crippen molar-refractivity contribution in [2.75, 3.05) is 13.2 Å². The minimum absolute atomic E-state index is 0.383. The summed E-state index contributed by atoms with van der Waals surface area (Å²) in [5.41, 5.74) is 7.75. The van der Waals surface area contributed by atoms with Crippen LogP contribution in [0, 0.1) is 5.21 Å². The van der Waals surface area contributed by atoms with E-state index in [2.05, 4.69) is 0 Å². The number of amides is 1. The van der Waals surface area contributed by atoms with E-state index in [1.54, 1.807) is 24.3 Å². The standard InChI is InChI=1S/C16H16N2O4/c17-15(19)14-10-3-1-2-4-12(10)18(20)13-5-6-16(9-11(13)14)21-7-8-22-16/h1-4H,5-9H2,(H2,17,19). The van der Waals surface area contributed by atoms with Gasteiger partial charge in [0.05, 0.1) is 24.2 Å². The SMILES string of the molecule is NC(=O)c1c2c([n+]([O-])c3ccccc13)CCC1(C2)OCCO1. The summed E-state index contributed by atoms with van der Waals surface area (Å²) in [5, 5.41) is 13.2. The topological polar surface area (TPSA) is 88.5 Å². The molecule has 1 aliphatic carbocycles. The van der Waals surface area contributed by atoms with E-state index in [-0.39, 0.29) is 0 Å². The number of nitrogens with zero attached hydrogens (tertiary/aromatic N) is 1. The van der Waals surface area contributed by atoms with Crippen molar-refractivity contribution in [3.63, 3.8) is 0 Å². The maximum atomic E-state index is 12.6. The van der Waals surface area contributed by atoms with Crippen molar-refractivity contribution < 1.29 is 19.0 Å². The van der Waals surface area contributed by atoms with Gasteiger partial charge >= 0.3 is 0 Å². The molecule has 2 N–H and O–H groups in total. The first kappa shape index (κ1) is 13.5. The molecule has 0 saturated carbocycles. The monoisotopic (exact) mass is 300 g/mol. The first-order valence-electron chi connectivity index (χ1n) is 7.35. The lowest BCUT2D eigenvalue weighted by atomic mass is 9.85. The number of hydrogen-bond acceptors (Lipinski definition) is 4. The quantitative estimate of drug-likeness (QED) is 0.623. The fourth-order valence-corrected chi connectivity index (χ4v) is 3.57. The Morgan fingerprint density at radius 3 is 2.73 bits per heavy atom. The smallest absolute Gasteiger partial charge is 0.250 e. The predicted molar refractivity (Wildman–Crippen MR) is 78.1 cm³/mol. The maximum absolute atomic E-state index is 12.6. The second-order valence-electron chi connectivity index (χ2n) is 5.76. The van der Waals surface area contributed by atoms with Gasteiger partial charge in [0.1, 0.15) is 0 Å². The van der Waals surface area contributed by atoms with Crippen molar-refractivity contribution in [3.8, 4) is 0 Å². The highest BCUT2D eigenvalue weighted by Crippen LogP contribution is 2.37. The van der Waals surface area contributed by atoms with Gasteiger partial charge in [-0.05, 0) is 6.07 Å². The minimum Gasteiger partial charge on any atom is -0.618 e. The number of pyridine rings is 1. The average Bonchev–Trinajstić information content (AvgIpc) is 2.95. The summed E-state index contributed by atoms with van der Waals surface area (Å²) in [4.78, 5) is 12.0. The van der Waals surface area contributed by atoms with Gasteiger partial charge in [-0.3, -0.25) is 4.79 Å². The van der Waals surface area contributed by atoms with Gasteiger partial charge in [0.25, 0.3) is 0 Å². The summed E-state index contributed by atoms with van der Waals surface area (Å²) in [7, 11) is 0. The Bertz CT molecular complexity index is 781. The Kier molecular flexibility index (Phi) is 2.85. The summed E-state index contributed by atoms with van der Waals surface area (Å²) in [6.07, 6.45) is 1.50. The van der Waals surface area contributed by atoms with E-state index >= 15 is 0 Å². The summed E-state index contributed by atoms with van der Waals surface area (Å²) < 4.78 is 12.4. The number of aromatic nitrogens is 1. The fourth-order valence-electron chi connectivity index (χ4n) is 3.57. The number of hydrogen-bond donors (Lipinski definition) is 1. The van der Waals surface area contributed by atoms with Crippen LogP contribution in [0.4, 0.5) is 0 Å². The molecule has 114 valence electrons. The number of ether oxygens (including phenoxy) is 2. The molecule has 0 unspecified atom stereocenters. The van der Waals surface area contributed by atoms with Crippen molar-refractivity contribution in [1.29, 1.82) is 0 Å². The largest absolute Gasteiger partial charge is 0.618 e. The molecular weight excluding hydrogens is 284 g/mol. The van der Waals surface area contributed by atoms with Crippen molar-refractivity contribution in [2.45, 2.75) is 25.0 Å². The van der Waals surface area contributed by atoms with Crippen LogP contribution in [0.3, 0.4) is 0 Å². The zero-order chi connectivity index (χ0) is 15.3. The molecule has 1 amide bonds. The molecular formula is C16H16N2O4. The Morgan fingerprint density at radius 2 is 2.00 bits per heavy atom. The molecule has 1 aromatic carbocycles. The lowest BCUT2D eigenvalue weighted by molar-refractivity contribution is -0.587. The van der Waals surface area contributed by atoms with Gasteiger partial charge in [-0.1, -0.05) is 12.1 Å². The molecule has 2 aromatic rings. The van der Waals surface area contributed by atoms with Crippen LogP contribution >= 0.6 is 0 Å². The molecule has 1 saturated heterocycles. The van der Waals surface area contributed by atoms with Crippen LogP contribution in [-0.2, 0) is 22.3 Å². The third-order valence-electron chi connectivity index (χ3n) is 4.54. The molecule has 1 fully saturated rings. The number of rotatable bonds is 1. The minimum atomic E-state index is -0.716. The van der Waals surface area contributed by atoms with E-state index in [4.69, 9.17) is 15.2 Å². The van der Waals surface area contributed by atoms with Gasteiger partial charge in [0.15, 0.2) is 11.5 Å². The lowest BCUT2D eigenvalue weighted by Gasteiger charge is -2.32. The van der Waals surface area contributed by atoms with Gasteiger partial charge in [0.2, 0.25) is 11.4 Å². The number of carbonyl (C=O) groups is 1. The van der Waals surface area contributed by atoms with Gasteiger partial charge in [-0.25, -0.2) is 0 Å². The lowest BCUT2D eigenvalue weighted by Crippen LogP contribution is -2.45. The highest BCUT2D eigenvalue weighted by Gasteiger charge is 2.44. The van der Waals surface area contributed by atoms with Crippen molar-refractivity contribution >= 4 is 16.8 Å². The maximum Gasteiger partial charge on any atom is 0.250 e. The molecule has 6 nitrogen and oxygen atoms in total. The molecule has 22 heavy (non-hydrogen) atoms. The van der Waals surface area contributed by atoms with Gasteiger partial charge in [-0.2, -0.15) is 4.73 Å². The van der Waals surface area contributed by atoms with Crippen LogP contribution in [0.2, 0.25) is 0 Å². The second kappa shape index (κ2) is 4.66. The van der Waals surface area contributed by atoms with Gasteiger partial charge in [-0.15, -0.1) is 0 Å². The van der Waals surface area contributed by atoms with E-state index in [1.165, 1.54) is 0 Å². The molecule has 2 aliphatic rings. The zero-order valence-corrected chi connectivity index (χ0v) is 12.0. The van der Waals surface area contributed by atoms with Crippen LogP contribution in [0.25, 0.3) is 10.9 Å². The first-order chi connectivity index (χ1) is 10.6. The number of primary amides is 1. The Balaban J connectivity index is 2.00. The second-order valence-corrected chi connectivity index (χ2v) is 5.76. The molecule has 0 atom stereocenters. The molecule has 1 spiro atoms. The number of carbonyl (C=O) groups excluding carboxylic acids is 1. The fraction of sp³-hybridized carbons (Fsp3) is 0.375. The Morgan fingerprint density at radius 1 is 1.27 bits per heavy atom. The molecule has 1 aliphatic heterocycles. The number of para-hydroxylation sites is 1. The Labute approximate surface area is 127 Å². The average molecular weight is 300 g/mol. The van der Waals surface area contributed by atoms with Crippen LogP contribution in [0.5, 0.6) is 0 Å². The van der Waals surface area contributed by atoms with Gasteiger partial charge in [0, 0.05) is 30.9 Å². The highest BCUT2D eigenvalue weighted by atomic mass is 16.7. The number of benzene rings is 1. The van der Waals surface area contributed by atoms with E-state index in [0.29, 0.717) is 60.2 Å². The molecule has 0 radical (unpaired) electrons. The van der Waals surface area contributed by atoms with E-state index in [0.717, 1.165) is 4.73 Å². The summed E-state index contributed by atoms with van der Waals surface area (Å²) >= 11 is 0. The van der Waals surface area contributed by atoms with Crippen LogP contribution < -0.4 is 10.5 Å². The van der Waals surface area contributed by atoms with Crippen molar-refractivity contribution in [2.24, 2.45) is 5.73 Å². The van der Waals surface area contributed by atoms with Crippen LogP contribution in [0.15, 0.2) is 24.3 Å². The molecule has 4 rings (SSSR count). The normalized spacial score (nSPS) is 19.5. The number of fused-ring (bicyclic) bond motifs is 2. The first-order valence-corrected chi connectivity index (χ1v) is 7.35. The molecule has 6 heteroatoms. The third kappa shape index (κ3) is 1.81. The highest BCUT2D eigenvalue weighted by molar-refractivity contribution is 6.06. The predicted octanol–water partition coefficient (Wildman–Crippen LogP) is 0.804. The van der Waals surface area contributed by atoms with E-state index in [1.807, 2.05) is 0 Å². The Hall–Kier alpha value is -2.18. The molecule has 0 bridgehead atoms. The van der Waals surface area contributed by atoms with Crippen LogP contribution in [-0.4, -0.2) is 24.9 Å². The third-order valence-corrected chi connectivity index (χ3v) is 4.54. The summed E-state index contributed by atoms with van der Waals surface area (Å²) in [6, 6.07) is 7.04. The van der Waals surface area contributed by atoms with Crippen molar-refractivity contribution in [1.82, 2.24) is 0 Å². The van der Waals surface area contributed by atoms with Crippen LogP contribution in [0.1, 0.15) is 28.0 Å². The summed E-state index contributed by atoms with van der Waals surface area (Å²) in [5.74, 6) is -1.24. The van der Waals surface area contributed by atoms with Gasteiger partial charge < -0.3 is 20.4 Å². The van der Waals surface area contributed by atoms with E-state index < -0.39 is 11.7 Å². The number of nitrogens with two attached hydrogens (primary N) is 1. The van der Waals surface area contributed by atoms with Crippen molar-refractivity contribution in [3.05, 3.63) is 46.3 Å². The zero-order valence-electron chi connectivity index (χ0n) is 12.0. The van der Waals surface area contributed by atoms with E-state index in [9.17, 15) is 10.0 Å².